The third-order valence-electron chi connectivity index (χ3n) is 1.33. The second-order valence-corrected chi connectivity index (χ2v) is 1.94. The van der Waals surface area contributed by atoms with Gasteiger partial charge in [0.25, 0.3) is 0 Å². The number of hydrogen-bond acceptors (Lipinski definition) is 2. The van der Waals surface area contributed by atoms with Crippen LogP contribution in [-0.2, 0) is 4.84 Å². The van der Waals surface area contributed by atoms with E-state index in [1.165, 1.54) is 0 Å². The van der Waals surface area contributed by atoms with Crippen molar-refractivity contribution in [1.82, 2.24) is 0 Å². The Hall–Kier alpha value is -1.02. The molecule has 0 aliphatic carbocycles. The van der Waals surface area contributed by atoms with Crippen molar-refractivity contribution in [1.29, 1.82) is 0 Å². The van der Waals surface area contributed by atoms with Crippen molar-refractivity contribution >= 4 is 5.69 Å². The molecule has 1 rings (SSSR count). The first-order chi connectivity index (χ1) is 4.84. The van der Waals surface area contributed by atoms with Crippen LogP contribution in [-0.4, -0.2) is 14.2 Å². The Morgan fingerprint density at radius 1 is 1.60 bits per heavy atom. The number of hydrogen-bond donors (Lipinski definition) is 0. The lowest BCUT2D eigenvalue weighted by molar-refractivity contribution is 0.185. The largest absolute Gasteiger partial charge is 0.277 e. The molecule has 53 valence electrons. The molecule has 0 unspecified atom stereocenters. The van der Waals surface area contributed by atoms with Gasteiger partial charge in [-0.15, -0.1) is 0 Å². The Kier molecular flexibility index (Phi) is 2.29. The van der Waals surface area contributed by atoms with Crippen LogP contribution in [0.15, 0.2) is 24.3 Å². The van der Waals surface area contributed by atoms with Crippen LogP contribution in [0.5, 0.6) is 0 Å². The van der Waals surface area contributed by atoms with Crippen LogP contribution in [0.25, 0.3) is 0 Å². The molecule has 1 radical (unpaired) electrons. The first-order valence-corrected chi connectivity index (χ1v) is 3.08. The van der Waals surface area contributed by atoms with Crippen molar-refractivity contribution in [3.63, 3.8) is 0 Å². The van der Waals surface area contributed by atoms with Gasteiger partial charge in [-0.2, -0.15) is 0 Å². The van der Waals surface area contributed by atoms with E-state index >= 15 is 0 Å². The van der Waals surface area contributed by atoms with Crippen LogP contribution in [0.2, 0.25) is 0 Å². The molecule has 0 aliphatic rings. The zero-order valence-corrected chi connectivity index (χ0v) is 6.16. The molecule has 0 saturated heterocycles. The highest BCUT2D eigenvalue weighted by Crippen LogP contribution is 2.09. The fourth-order valence-corrected chi connectivity index (χ4v) is 0.685. The summed E-state index contributed by atoms with van der Waals surface area (Å²) in [6.07, 6.45) is 0. The Morgan fingerprint density at radius 2 is 2.40 bits per heavy atom. The monoisotopic (exact) mass is 136 g/mol. The third kappa shape index (κ3) is 1.48. The maximum absolute atomic E-state index is 4.95. The molecule has 0 heterocycles. The summed E-state index contributed by atoms with van der Waals surface area (Å²) in [6.45, 7) is 0. The van der Waals surface area contributed by atoms with Gasteiger partial charge in [0, 0.05) is 7.05 Å². The van der Waals surface area contributed by atoms with Crippen LogP contribution in [0.1, 0.15) is 0 Å². The van der Waals surface area contributed by atoms with Crippen LogP contribution >= 0.6 is 0 Å². The quantitative estimate of drug-likeness (QED) is 0.571. The zero-order chi connectivity index (χ0) is 7.40. The van der Waals surface area contributed by atoms with E-state index < -0.39 is 0 Å². The molecule has 0 saturated carbocycles. The highest BCUT2D eigenvalue weighted by Gasteiger charge is 1.93. The fraction of sp³-hybridized carbons (Fsp3) is 0.250. The standard InChI is InChI=1S/C8H10NO/c1-9(10-2)8-6-4-3-5-7-8/h3-4,6-7H,1-2H3. The molecule has 0 atom stereocenters. The van der Waals surface area contributed by atoms with E-state index in [1.807, 2.05) is 31.3 Å². The summed E-state index contributed by atoms with van der Waals surface area (Å²) in [5.74, 6) is 0. The van der Waals surface area contributed by atoms with Crippen molar-refractivity contribution in [3.8, 4) is 0 Å². The van der Waals surface area contributed by atoms with Gasteiger partial charge in [-0.05, 0) is 18.2 Å². The van der Waals surface area contributed by atoms with E-state index in [9.17, 15) is 0 Å². The number of nitrogens with zero attached hydrogens (tertiary/aromatic N) is 1. The minimum absolute atomic E-state index is 1.00. The lowest BCUT2D eigenvalue weighted by Crippen LogP contribution is -2.14. The Labute approximate surface area is 61.0 Å². The van der Waals surface area contributed by atoms with E-state index in [0.717, 1.165) is 5.69 Å². The van der Waals surface area contributed by atoms with E-state index in [0.29, 0.717) is 0 Å². The maximum atomic E-state index is 4.95. The predicted molar refractivity (Wildman–Crippen MR) is 40.7 cm³/mol. The van der Waals surface area contributed by atoms with Crippen molar-refractivity contribution in [2.75, 3.05) is 19.2 Å². The summed E-state index contributed by atoms with van der Waals surface area (Å²) in [6, 6.07) is 10.6. The molecule has 0 bridgehead atoms. The van der Waals surface area contributed by atoms with Gasteiger partial charge in [0.2, 0.25) is 0 Å². The first kappa shape index (κ1) is 7.09. The van der Waals surface area contributed by atoms with E-state index in [4.69, 9.17) is 4.84 Å². The molecule has 0 amide bonds. The van der Waals surface area contributed by atoms with Crippen LogP contribution < -0.4 is 5.06 Å². The molecular formula is C8H10NO. The summed E-state index contributed by atoms with van der Waals surface area (Å²) in [5.41, 5.74) is 1.00. The lowest BCUT2D eigenvalue weighted by atomic mass is 10.3. The van der Waals surface area contributed by atoms with E-state index in [2.05, 4.69) is 6.07 Å². The van der Waals surface area contributed by atoms with Crippen molar-refractivity contribution in [3.05, 3.63) is 30.3 Å². The summed E-state index contributed by atoms with van der Waals surface area (Å²) in [5, 5.41) is 1.68. The summed E-state index contributed by atoms with van der Waals surface area (Å²) < 4.78 is 0. The second kappa shape index (κ2) is 3.22. The van der Waals surface area contributed by atoms with Gasteiger partial charge >= 0.3 is 0 Å². The van der Waals surface area contributed by atoms with Gasteiger partial charge in [-0.3, -0.25) is 9.90 Å². The Balaban J connectivity index is 2.75. The third-order valence-corrected chi connectivity index (χ3v) is 1.33. The highest BCUT2D eigenvalue weighted by atomic mass is 16.7. The van der Waals surface area contributed by atoms with Gasteiger partial charge in [0.1, 0.15) is 0 Å². The normalized spacial score (nSPS) is 9.40. The lowest BCUT2D eigenvalue weighted by Gasteiger charge is -2.14. The molecule has 2 heteroatoms. The minimum atomic E-state index is 1.00. The maximum Gasteiger partial charge on any atom is 0.0639 e. The average Bonchev–Trinajstić information content (AvgIpc) is 2.05. The number of benzene rings is 1. The van der Waals surface area contributed by atoms with Gasteiger partial charge in [0.05, 0.1) is 12.8 Å². The van der Waals surface area contributed by atoms with E-state index in [1.54, 1.807) is 12.2 Å². The van der Waals surface area contributed by atoms with Crippen molar-refractivity contribution in [2.24, 2.45) is 0 Å². The summed E-state index contributed by atoms with van der Waals surface area (Å²) in [4.78, 5) is 4.95. The average molecular weight is 136 g/mol. The van der Waals surface area contributed by atoms with Crippen molar-refractivity contribution < 1.29 is 4.84 Å². The van der Waals surface area contributed by atoms with Gasteiger partial charge in [-0.25, -0.2) is 0 Å². The predicted octanol–water partition coefficient (Wildman–Crippen LogP) is 1.48. The van der Waals surface area contributed by atoms with Gasteiger partial charge in [-0.1, -0.05) is 12.1 Å². The van der Waals surface area contributed by atoms with E-state index in [-0.39, 0.29) is 0 Å². The number of hydroxylamine groups is 1. The molecule has 1 aromatic carbocycles. The summed E-state index contributed by atoms with van der Waals surface area (Å²) in [7, 11) is 3.48. The number of rotatable bonds is 2. The topological polar surface area (TPSA) is 12.5 Å². The van der Waals surface area contributed by atoms with Gasteiger partial charge < -0.3 is 0 Å². The fourth-order valence-electron chi connectivity index (χ4n) is 0.685. The Bertz CT molecular complexity index is 186. The van der Waals surface area contributed by atoms with Crippen LogP contribution in [0.4, 0.5) is 5.69 Å². The Morgan fingerprint density at radius 3 is 2.90 bits per heavy atom. The highest BCUT2D eigenvalue weighted by molar-refractivity contribution is 5.41. The second-order valence-electron chi connectivity index (χ2n) is 1.94. The molecule has 2 nitrogen and oxygen atoms in total. The van der Waals surface area contributed by atoms with Crippen LogP contribution in [0, 0.1) is 6.07 Å². The number of anilines is 1. The first-order valence-electron chi connectivity index (χ1n) is 3.08. The SMILES string of the molecule is CON(C)c1c[c]ccc1. The molecule has 0 N–H and O–H groups in total. The molecule has 10 heavy (non-hydrogen) atoms. The minimum Gasteiger partial charge on any atom is -0.277 e. The molecule has 0 aromatic heterocycles. The molecular weight excluding hydrogens is 126 g/mol. The molecule has 0 spiro atoms. The van der Waals surface area contributed by atoms with Crippen LogP contribution in [0.3, 0.4) is 0 Å². The zero-order valence-electron chi connectivity index (χ0n) is 6.16. The van der Waals surface area contributed by atoms with Crippen molar-refractivity contribution in [2.45, 2.75) is 0 Å². The molecule has 0 aliphatic heterocycles. The smallest absolute Gasteiger partial charge is 0.0639 e. The molecule has 1 aromatic rings. The summed E-state index contributed by atoms with van der Waals surface area (Å²) >= 11 is 0. The van der Waals surface area contributed by atoms with Gasteiger partial charge in [0.15, 0.2) is 0 Å². The molecule has 0 fully saturated rings.